The summed E-state index contributed by atoms with van der Waals surface area (Å²) in [5.41, 5.74) is -0.332. The van der Waals surface area contributed by atoms with Crippen LogP contribution in [0.2, 0.25) is 0 Å². The van der Waals surface area contributed by atoms with Gasteiger partial charge in [-0.15, -0.1) is 11.3 Å². The molecule has 1 aromatic heterocycles. The van der Waals surface area contributed by atoms with Crippen LogP contribution in [0, 0.1) is 11.6 Å². The van der Waals surface area contributed by atoms with Crippen LogP contribution in [0.3, 0.4) is 0 Å². The normalized spacial score (nSPS) is 12.1. The fraction of sp³-hybridized carbons (Fsp3) is 0.238. The van der Waals surface area contributed by atoms with Crippen LogP contribution in [-0.2, 0) is 14.3 Å². The highest BCUT2D eigenvalue weighted by atomic mass is 32.1. The minimum Gasteiger partial charge on any atom is -0.464 e. The van der Waals surface area contributed by atoms with Crippen molar-refractivity contribution < 1.29 is 27.8 Å². The predicted molar refractivity (Wildman–Crippen MR) is 107 cm³/mol. The number of halogens is 2. The van der Waals surface area contributed by atoms with Crippen molar-refractivity contribution in [3.05, 3.63) is 64.3 Å². The standard InChI is InChI=1S/C21H18F2O5S/c1-11(2)21(25)27-9-8-26-12(3)28-15-10-14(22)18(23)17-19(24)13-6-4-5-7-16(13)29-20(15)17/h4-7,10,12H,1,8-9H2,2-3H3. The molecule has 5 nitrogen and oxygen atoms in total. The lowest BCUT2D eigenvalue weighted by Gasteiger charge is -2.17. The molecular weight excluding hydrogens is 402 g/mol. The van der Waals surface area contributed by atoms with Crippen LogP contribution in [0.1, 0.15) is 13.8 Å². The molecule has 1 unspecified atom stereocenters. The van der Waals surface area contributed by atoms with Gasteiger partial charge in [0.15, 0.2) is 23.4 Å². The zero-order chi connectivity index (χ0) is 21.1. The summed E-state index contributed by atoms with van der Waals surface area (Å²) in [5.74, 6) is -2.93. The summed E-state index contributed by atoms with van der Waals surface area (Å²) in [6.45, 7) is 6.56. The Bertz CT molecular complexity index is 1160. The monoisotopic (exact) mass is 420 g/mol. The molecule has 0 spiro atoms. The summed E-state index contributed by atoms with van der Waals surface area (Å²) in [5, 5.41) is -0.0460. The highest BCUT2D eigenvalue weighted by Gasteiger charge is 2.20. The summed E-state index contributed by atoms with van der Waals surface area (Å²) in [6, 6.07) is 7.59. The Morgan fingerprint density at radius 1 is 1.24 bits per heavy atom. The van der Waals surface area contributed by atoms with Crippen molar-refractivity contribution in [3.63, 3.8) is 0 Å². The molecule has 0 bridgehead atoms. The van der Waals surface area contributed by atoms with Crippen LogP contribution < -0.4 is 10.2 Å². The first-order chi connectivity index (χ1) is 13.8. The quantitative estimate of drug-likeness (QED) is 0.184. The second-order valence-corrected chi connectivity index (χ2v) is 7.33. The van der Waals surface area contributed by atoms with Crippen molar-refractivity contribution in [2.75, 3.05) is 13.2 Å². The zero-order valence-corrected chi connectivity index (χ0v) is 16.6. The van der Waals surface area contributed by atoms with Gasteiger partial charge < -0.3 is 14.2 Å². The molecule has 0 aliphatic heterocycles. The Morgan fingerprint density at radius 2 is 1.97 bits per heavy atom. The maximum atomic E-state index is 14.4. The lowest BCUT2D eigenvalue weighted by atomic mass is 10.1. The predicted octanol–water partition coefficient (Wildman–Crippen LogP) is 4.55. The average Bonchev–Trinajstić information content (AvgIpc) is 2.69. The topological polar surface area (TPSA) is 61.8 Å². The minimum atomic E-state index is -1.21. The van der Waals surface area contributed by atoms with Gasteiger partial charge in [0, 0.05) is 21.7 Å². The minimum absolute atomic E-state index is 0.00168. The third-order valence-corrected chi connectivity index (χ3v) is 5.20. The van der Waals surface area contributed by atoms with E-state index in [1.165, 1.54) is 6.92 Å². The van der Waals surface area contributed by atoms with Gasteiger partial charge in [-0.25, -0.2) is 13.6 Å². The van der Waals surface area contributed by atoms with E-state index in [1.807, 2.05) is 0 Å². The average molecular weight is 420 g/mol. The summed E-state index contributed by atoms with van der Waals surface area (Å²) in [6.07, 6.45) is -0.861. The molecule has 0 amide bonds. The molecule has 0 aliphatic rings. The van der Waals surface area contributed by atoms with E-state index < -0.39 is 29.3 Å². The number of esters is 1. The summed E-state index contributed by atoms with van der Waals surface area (Å²) >= 11 is 1.13. The fourth-order valence-electron chi connectivity index (χ4n) is 2.65. The Labute approximate surface area is 169 Å². The lowest BCUT2D eigenvalue weighted by Crippen LogP contribution is -2.20. The van der Waals surface area contributed by atoms with Crippen LogP contribution in [0.15, 0.2) is 47.3 Å². The highest BCUT2D eigenvalue weighted by Crippen LogP contribution is 2.35. The van der Waals surface area contributed by atoms with Gasteiger partial charge in [0.25, 0.3) is 0 Å². The number of rotatable bonds is 7. The second-order valence-electron chi connectivity index (χ2n) is 6.27. The van der Waals surface area contributed by atoms with Crippen LogP contribution in [-0.4, -0.2) is 25.5 Å². The largest absolute Gasteiger partial charge is 0.464 e. The van der Waals surface area contributed by atoms with Gasteiger partial charge in [-0.3, -0.25) is 4.79 Å². The number of benzene rings is 2. The molecular formula is C21H18F2O5S. The van der Waals surface area contributed by atoms with Crippen molar-refractivity contribution in [3.8, 4) is 5.75 Å². The number of carbonyl (C=O) groups excluding carboxylic acids is 1. The summed E-state index contributed by atoms with van der Waals surface area (Å²) in [4.78, 5) is 24.0. The molecule has 1 heterocycles. The van der Waals surface area contributed by atoms with E-state index in [9.17, 15) is 18.4 Å². The Balaban J connectivity index is 1.86. The third kappa shape index (κ3) is 4.44. The molecule has 1 atom stereocenters. The fourth-order valence-corrected chi connectivity index (χ4v) is 3.78. The van der Waals surface area contributed by atoms with Crippen LogP contribution >= 0.6 is 11.3 Å². The summed E-state index contributed by atoms with van der Waals surface area (Å²) in [7, 11) is 0. The van der Waals surface area contributed by atoms with Gasteiger partial charge >= 0.3 is 5.97 Å². The van der Waals surface area contributed by atoms with Gasteiger partial charge in [0.2, 0.25) is 0 Å². The van der Waals surface area contributed by atoms with Crippen molar-refractivity contribution in [1.82, 2.24) is 0 Å². The molecule has 0 saturated carbocycles. The third-order valence-electron chi connectivity index (χ3n) is 4.02. The van der Waals surface area contributed by atoms with Crippen LogP contribution in [0.4, 0.5) is 8.78 Å². The molecule has 0 fully saturated rings. The summed E-state index contributed by atoms with van der Waals surface area (Å²) < 4.78 is 45.2. The van der Waals surface area contributed by atoms with Crippen LogP contribution in [0.25, 0.3) is 20.2 Å². The van der Waals surface area contributed by atoms with Gasteiger partial charge in [-0.05, 0) is 26.0 Å². The first kappa shape index (κ1) is 20.9. The van der Waals surface area contributed by atoms with E-state index in [2.05, 4.69) is 6.58 Å². The number of hydrogen-bond acceptors (Lipinski definition) is 6. The molecule has 152 valence electrons. The number of ether oxygens (including phenoxy) is 3. The highest BCUT2D eigenvalue weighted by molar-refractivity contribution is 7.24. The van der Waals surface area contributed by atoms with Crippen molar-refractivity contribution in [2.24, 2.45) is 0 Å². The molecule has 0 saturated heterocycles. The molecule has 0 radical (unpaired) electrons. The van der Waals surface area contributed by atoms with E-state index in [-0.39, 0.29) is 34.6 Å². The first-order valence-corrected chi connectivity index (χ1v) is 9.55. The lowest BCUT2D eigenvalue weighted by molar-refractivity contribution is -0.143. The molecule has 0 aliphatic carbocycles. The number of hydrogen-bond donors (Lipinski definition) is 0. The SMILES string of the molecule is C=C(C)C(=O)OCCOC(C)Oc1cc(F)c(F)c2c(=O)c3ccccc3sc12. The van der Waals surface area contributed by atoms with Crippen LogP contribution in [0.5, 0.6) is 5.75 Å². The number of fused-ring (bicyclic) bond motifs is 2. The van der Waals surface area contributed by atoms with Gasteiger partial charge in [0.1, 0.15) is 12.4 Å². The van der Waals surface area contributed by atoms with E-state index in [0.29, 0.717) is 10.1 Å². The Morgan fingerprint density at radius 3 is 2.69 bits per heavy atom. The van der Waals surface area contributed by atoms with E-state index in [4.69, 9.17) is 14.2 Å². The molecule has 29 heavy (non-hydrogen) atoms. The van der Waals surface area contributed by atoms with Crippen molar-refractivity contribution in [1.29, 1.82) is 0 Å². The number of carbonyl (C=O) groups is 1. The molecule has 8 heteroatoms. The maximum absolute atomic E-state index is 14.4. The van der Waals surface area contributed by atoms with Gasteiger partial charge in [0.05, 0.1) is 16.7 Å². The Kier molecular flexibility index (Phi) is 6.24. The molecule has 2 aromatic carbocycles. The van der Waals surface area contributed by atoms with Gasteiger partial charge in [-0.2, -0.15) is 0 Å². The second kappa shape index (κ2) is 8.67. The van der Waals surface area contributed by atoms with E-state index >= 15 is 0 Å². The smallest absolute Gasteiger partial charge is 0.333 e. The molecule has 3 aromatic rings. The Hall–Kier alpha value is -2.84. The van der Waals surface area contributed by atoms with Crippen molar-refractivity contribution >= 4 is 37.5 Å². The molecule has 0 N–H and O–H groups in total. The van der Waals surface area contributed by atoms with E-state index in [1.54, 1.807) is 31.2 Å². The zero-order valence-electron chi connectivity index (χ0n) is 15.8. The molecule has 3 rings (SSSR count). The van der Waals surface area contributed by atoms with Crippen molar-refractivity contribution in [2.45, 2.75) is 20.1 Å². The first-order valence-electron chi connectivity index (χ1n) is 8.74. The maximum Gasteiger partial charge on any atom is 0.333 e. The van der Waals surface area contributed by atoms with E-state index in [0.717, 1.165) is 17.4 Å². The van der Waals surface area contributed by atoms with Gasteiger partial charge in [-0.1, -0.05) is 18.7 Å².